The van der Waals surface area contributed by atoms with Crippen molar-refractivity contribution in [1.82, 2.24) is 0 Å². The van der Waals surface area contributed by atoms with Gasteiger partial charge >= 0.3 is 0 Å². The van der Waals surface area contributed by atoms with Crippen LogP contribution in [0.25, 0.3) is 0 Å². The Hall–Kier alpha value is -0.330. The van der Waals surface area contributed by atoms with Crippen molar-refractivity contribution in [1.29, 1.82) is 0 Å². The van der Waals surface area contributed by atoms with Gasteiger partial charge in [-0.15, -0.1) is 0 Å². The number of hydrogen-bond donors (Lipinski definition) is 0. The van der Waals surface area contributed by atoms with Crippen molar-refractivity contribution < 1.29 is 0 Å². The summed E-state index contributed by atoms with van der Waals surface area (Å²) >= 11 is 0. The van der Waals surface area contributed by atoms with E-state index in [1.54, 1.807) is 0 Å². The molecule has 0 bridgehead atoms. The van der Waals surface area contributed by atoms with Crippen LogP contribution in [0.1, 0.15) is 60.3 Å². The summed E-state index contributed by atoms with van der Waals surface area (Å²) in [6, 6.07) is 0.483. The second-order valence-corrected chi connectivity index (χ2v) is 5.93. The molecule has 0 saturated heterocycles. The monoisotopic (exact) mass is 195 g/mol. The van der Waals surface area contributed by atoms with Gasteiger partial charge in [0.1, 0.15) is 0 Å². The fraction of sp³-hybridized carbons (Fsp3) is 0.923. The third-order valence-corrected chi connectivity index (χ3v) is 3.23. The molecule has 0 atom stereocenters. The molecule has 0 aliphatic heterocycles. The zero-order chi connectivity index (χ0) is 10.8. The van der Waals surface area contributed by atoms with Crippen molar-refractivity contribution in [2.24, 2.45) is 16.3 Å². The van der Waals surface area contributed by atoms with Gasteiger partial charge in [-0.3, -0.25) is 4.99 Å². The molecule has 0 aromatic rings. The highest BCUT2D eigenvalue weighted by molar-refractivity contribution is 5.85. The van der Waals surface area contributed by atoms with E-state index in [0.717, 1.165) is 5.92 Å². The molecule has 0 spiro atoms. The summed E-state index contributed by atoms with van der Waals surface area (Å²) < 4.78 is 0. The molecule has 0 N–H and O–H groups in total. The van der Waals surface area contributed by atoms with E-state index in [9.17, 15) is 0 Å². The molecule has 0 amide bonds. The van der Waals surface area contributed by atoms with Gasteiger partial charge in [-0.25, -0.2) is 0 Å². The minimum Gasteiger partial charge on any atom is -0.291 e. The third-order valence-electron chi connectivity index (χ3n) is 3.23. The highest BCUT2D eigenvalue weighted by Crippen LogP contribution is 2.36. The normalized spacial score (nSPS) is 24.1. The molecule has 82 valence electrons. The Morgan fingerprint density at radius 3 is 2.00 bits per heavy atom. The summed E-state index contributed by atoms with van der Waals surface area (Å²) in [5.41, 5.74) is 1.95. The molecule has 1 nitrogen and oxygen atoms in total. The smallest absolute Gasteiger partial charge is 0.0442 e. The molecule has 1 saturated carbocycles. The Morgan fingerprint density at radius 1 is 1.14 bits per heavy atom. The van der Waals surface area contributed by atoms with Crippen LogP contribution in [0.4, 0.5) is 0 Å². The Labute approximate surface area is 89.0 Å². The summed E-state index contributed by atoms with van der Waals surface area (Å²) in [7, 11) is 0. The van der Waals surface area contributed by atoms with E-state index in [0.29, 0.717) is 11.5 Å². The van der Waals surface area contributed by atoms with Gasteiger partial charge in [0.25, 0.3) is 0 Å². The minimum atomic E-state index is 0.483. The van der Waals surface area contributed by atoms with E-state index in [1.807, 2.05) is 0 Å². The largest absolute Gasteiger partial charge is 0.291 e. The van der Waals surface area contributed by atoms with Crippen LogP contribution in [-0.4, -0.2) is 11.8 Å². The highest BCUT2D eigenvalue weighted by Gasteiger charge is 2.27. The lowest BCUT2D eigenvalue weighted by atomic mass is 9.72. The predicted octanol–water partition coefficient (Wildman–Crippen LogP) is 4.07. The highest BCUT2D eigenvalue weighted by atomic mass is 14.8. The van der Waals surface area contributed by atoms with Crippen LogP contribution in [0, 0.1) is 11.3 Å². The van der Waals surface area contributed by atoms with Gasteiger partial charge < -0.3 is 0 Å². The van der Waals surface area contributed by atoms with E-state index in [4.69, 9.17) is 0 Å². The van der Waals surface area contributed by atoms with E-state index in [2.05, 4.69) is 39.6 Å². The third kappa shape index (κ3) is 3.43. The SMILES string of the molecule is CC(C)N=C1CCC(C(C)(C)C)CC1. The Bertz CT molecular complexity index is 198. The lowest BCUT2D eigenvalue weighted by Crippen LogP contribution is -2.26. The standard InChI is InChI=1S/C13H25N/c1-10(2)14-12-8-6-11(7-9-12)13(3,4)5/h10-11H,6-9H2,1-5H3. The van der Waals surface area contributed by atoms with Gasteiger partial charge in [-0.2, -0.15) is 0 Å². The van der Waals surface area contributed by atoms with Crippen molar-refractivity contribution in [3.8, 4) is 0 Å². The zero-order valence-electron chi connectivity index (χ0n) is 10.4. The number of hydrogen-bond acceptors (Lipinski definition) is 1. The molecule has 1 rings (SSSR count). The summed E-state index contributed by atoms with van der Waals surface area (Å²) in [5, 5.41) is 0. The molecule has 0 heterocycles. The summed E-state index contributed by atoms with van der Waals surface area (Å²) in [6.07, 6.45) is 5.16. The first kappa shape index (κ1) is 11.7. The number of nitrogens with zero attached hydrogens (tertiary/aromatic N) is 1. The minimum absolute atomic E-state index is 0.483. The topological polar surface area (TPSA) is 12.4 Å². The maximum atomic E-state index is 4.67. The Morgan fingerprint density at radius 2 is 1.64 bits per heavy atom. The first-order valence-electron chi connectivity index (χ1n) is 5.95. The molecule has 14 heavy (non-hydrogen) atoms. The fourth-order valence-electron chi connectivity index (χ4n) is 2.31. The molecule has 1 aliphatic rings. The van der Waals surface area contributed by atoms with Crippen molar-refractivity contribution in [2.75, 3.05) is 0 Å². The van der Waals surface area contributed by atoms with Crippen LogP contribution in [0.3, 0.4) is 0 Å². The fourth-order valence-corrected chi connectivity index (χ4v) is 2.31. The molecule has 1 heteroatoms. The van der Waals surface area contributed by atoms with Crippen LogP contribution in [0.15, 0.2) is 4.99 Å². The van der Waals surface area contributed by atoms with Crippen molar-refractivity contribution in [3.05, 3.63) is 0 Å². The molecule has 1 aliphatic carbocycles. The quantitative estimate of drug-likeness (QED) is 0.598. The lowest BCUT2D eigenvalue weighted by molar-refractivity contribution is 0.208. The second-order valence-electron chi connectivity index (χ2n) is 5.93. The Balaban J connectivity index is 2.47. The number of rotatable bonds is 1. The molecule has 0 unspecified atom stereocenters. The van der Waals surface area contributed by atoms with E-state index < -0.39 is 0 Å². The molecule has 0 aromatic heterocycles. The van der Waals surface area contributed by atoms with Crippen LogP contribution in [-0.2, 0) is 0 Å². The first-order valence-corrected chi connectivity index (χ1v) is 5.95. The summed E-state index contributed by atoms with van der Waals surface area (Å²) in [5.74, 6) is 0.897. The van der Waals surface area contributed by atoms with Crippen LogP contribution >= 0.6 is 0 Å². The van der Waals surface area contributed by atoms with Gasteiger partial charge in [0.05, 0.1) is 0 Å². The van der Waals surface area contributed by atoms with Crippen molar-refractivity contribution >= 4 is 5.71 Å². The molecule has 0 radical (unpaired) electrons. The van der Waals surface area contributed by atoms with Gasteiger partial charge in [-0.1, -0.05) is 20.8 Å². The van der Waals surface area contributed by atoms with E-state index >= 15 is 0 Å². The molecule has 0 aromatic carbocycles. The predicted molar refractivity (Wildman–Crippen MR) is 64.0 cm³/mol. The van der Waals surface area contributed by atoms with Crippen LogP contribution < -0.4 is 0 Å². The van der Waals surface area contributed by atoms with E-state index in [1.165, 1.54) is 31.4 Å². The average molecular weight is 195 g/mol. The molecule has 1 fully saturated rings. The first-order chi connectivity index (χ1) is 6.39. The molecular weight excluding hydrogens is 170 g/mol. The van der Waals surface area contributed by atoms with Crippen LogP contribution in [0.5, 0.6) is 0 Å². The van der Waals surface area contributed by atoms with Crippen LogP contribution in [0.2, 0.25) is 0 Å². The van der Waals surface area contributed by atoms with E-state index in [-0.39, 0.29) is 0 Å². The lowest BCUT2D eigenvalue weighted by Gasteiger charge is -2.34. The van der Waals surface area contributed by atoms with Gasteiger partial charge in [0.2, 0.25) is 0 Å². The maximum absolute atomic E-state index is 4.67. The molecular formula is C13H25N. The van der Waals surface area contributed by atoms with Gasteiger partial charge in [0, 0.05) is 11.8 Å². The summed E-state index contributed by atoms with van der Waals surface area (Å²) in [4.78, 5) is 4.67. The van der Waals surface area contributed by atoms with Gasteiger partial charge in [-0.05, 0) is 50.9 Å². The zero-order valence-corrected chi connectivity index (χ0v) is 10.4. The number of aliphatic imine (C=N–C) groups is 1. The van der Waals surface area contributed by atoms with Crippen molar-refractivity contribution in [3.63, 3.8) is 0 Å². The van der Waals surface area contributed by atoms with Gasteiger partial charge in [0.15, 0.2) is 0 Å². The maximum Gasteiger partial charge on any atom is 0.0442 e. The second kappa shape index (κ2) is 4.46. The average Bonchev–Trinajstić information content (AvgIpc) is 2.02. The summed E-state index contributed by atoms with van der Waals surface area (Å²) in [6.45, 7) is 11.4. The van der Waals surface area contributed by atoms with Crippen molar-refractivity contribution in [2.45, 2.75) is 66.3 Å². The Kier molecular flexibility index (Phi) is 3.74.